The third-order valence-corrected chi connectivity index (χ3v) is 0.815. The molecule has 0 spiro atoms. The zero-order valence-electron chi connectivity index (χ0n) is 3.72. The molecule has 0 saturated carbocycles. The minimum Gasteiger partial charge on any atom is -0.296 e. The van der Waals surface area contributed by atoms with Crippen LogP contribution in [0.15, 0.2) is 5.18 Å². The smallest absolute Gasteiger partial charge is 0.222 e. The Morgan fingerprint density at radius 2 is 2.29 bits per heavy atom. The quantitative estimate of drug-likeness (QED) is 0.310. The number of rotatable bonds is 2. The fraction of sp³-hybridized carbons (Fsp3) is 0.667. The van der Waals surface area contributed by atoms with E-state index in [4.69, 9.17) is 11.6 Å². The molecule has 1 unspecified atom stereocenters. The Balaban J connectivity index is 3.55. The van der Waals surface area contributed by atoms with Gasteiger partial charge in [-0.3, -0.25) is 4.79 Å². The van der Waals surface area contributed by atoms with E-state index in [9.17, 15) is 9.70 Å². The van der Waals surface area contributed by atoms with Crippen molar-refractivity contribution in [1.82, 2.24) is 0 Å². The van der Waals surface area contributed by atoms with E-state index in [2.05, 4.69) is 5.18 Å². The number of alkyl halides is 1. The first-order chi connectivity index (χ1) is 3.18. The van der Waals surface area contributed by atoms with Gasteiger partial charge in [-0.2, -0.15) is 0 Å². The molecule has 0 aliphatic carbocycles. The van der Waals surface area contributed by atoms with Crippen molar-refractivity contribution in [3.05, 3.63) is 4.91 Å². The van der Waals surface area contributed by atoms with E-state index in [1.807, 2.05) is 0 Å². The molecule has 0 saturated heterocycles. The maximum Gasteiger partial charge on any atom is 0.222 e. The van der Waals surface area contributed by atoms with Crippen LogP contribution < -0.4 is 0 Å². The van der Waals surface area contributed by atoms with Crippen LogP contribution in [0.4, 0.5) is 0 Å². The number of Topliss-reactive ketones (excluding diaryl/α,β-unsaturated/α-hetero) is 1. The molecule has 0 bridgehead atoms. The minimum atomic E-state index is -1.19. The van der Waals surface area contributed by atoms with E-state index in [0.717, 1.165) is 0 Å². The standard InChI is InChI=1S/C3H4ClNO2/c1-2(6)3(4)5-7/h3H,1H3. The van der Waals surface area contributed by atoms with Gasteiger partial charge in [0, 0.05) is 0 Å². The van der Waals surface area contributed by atoms with Crippen LogP contribution >= 0.6 is 11.6 Å². The van der Waals surface area contributed by atoms with Crippen molar-refractivity contribution in [3.63, 3.8) is 0 Å². The summed E-state index contributed by atoms with van der Waals surface area (Å²) in [6.07, 6.45) is 0. The highest BCUT2D eigenvalue weighted by atomic mass is 35.5. The molecule has 0 aromatic carbocycles. The summed E-state index contributed by atoms with van der Waals surface area (Å²) >= 11 is 4.97. The largest absolute Gasteiger partial charge is 0.296 e. The molecule has 0 aliphatic heterocycles. The van der Waals surface area contributed by atoms with Crippen LogP contribution in [0.2, 0.25) is 0 Å². The molecule has 0 heterocycles. The highest BCUT2D eigenvalue weighted by Gasteiger charge is 2.06. The van der Waals surface area contributed by atoms with E-state index in [0.29, 0.717) is 0 Å². The van der Waals surface area contributed by atoms with Gasteiger partial charge in [0.25, 0.3) is 0 Å². The Kier molecular flexibility index (Phi) is 2.52. The highest BCUT2D eigenvalue weighted by Crippen LogP contribution is 1.95. The molecule has 0 radical (unpaired) electrons. The number of hydrogen-bond donors (Lipinski definition) is 0. The summed E-state index contributed by atoms with van der Waals surface area (Å²) in [6, 6.07) is 0. The number of halogens is 1. The average molecular weight is 122 g/mol. The molecule has 4 heteroatoms. The zero-order chi connectivity index (χ0) is 5.86. The molecule has 1 atom stereocenters. The minimum absolute atomic E-state index is 0.420. The Labute approximate surface area is 45.6 Å². The number of carbonyl (C=O) groups is 1. The molecule has 3 nitrogen and oxygen atoms in total. The Hall–Kier alpha value is -0.440. The lowest BCUT2D eigenvalue weighted by molar-refractivity contribution is -0.116. The van der Waals surface area contributed by atoms with Crippen LogP contribution in [-0.4, -0.2) is 11.3 Å². The third-order valence-electron chi connectivity index (χ3n) is 0.428. The second-order valence-corrected chi connectivity index (χ2v) is 1.47. The average Bonchev–Trinajstić information content (AvgIpc) is 1.65. The Morgan fingerprint density at radius 1 is 1.86 bits per heavy atom. The molecule has 7 heavy (non-hydrogen) atoms. The summed E-state index contributed by atoms with van der Waals surface area (Å²) < 4.78 is 0. The first-order valence-corrected chi connectivity index (χ1v) is 2.09. The van der Waals surface area contributed by atoms with Crippen molar-refractivity contribution in [2.24, 2.45) is 5.18 Å². The lowest BCUT2D eigenvalue weighted by Crippen LogP contribution is -2.04. The molecular weight excluding hydrogens is 117 g/mol. The van der Waals surface area contributed by atoms with Gasteiger partial charge in [-0.15, -0.1) is 4.91 Å². The van der Waals surface area contributed by atoms with Crippen molar-refractivity contribution >= 4 is 17.4 Å². The van der Waals surface area contributed by atoms with Crippen LogP contribution in [-0.2, 0) is 4.79 Å². The summed E-state index contributed by atoms with van der Waals surface area (Å²) in [7, 11) is 0. The van der Waals surface area contributed by atoms with Crippen molar-refractivity contribution in [1.29, 1.82) is 0 Å². The number of nitroso groups, excluding NO2 is 1. The van der Waals surface area contributed by atoms with Gasteiger partial charge < -0.3 is 0 Å². The topological polar surface area (TPSA) is 46.5 Å². The first-order valence-electron chi connectivity index (χ1n) is 1.65. The zero-order valence-corrected chi connectivity index (χ0v) is 4.47. The van der Waals surface area contributed by atoms with E-state index in [1.165, 1.54) is 6.92 Å². The van der Waals surface area contributed by atoms with Crippen LogP contribution in [0.5, 0.6) is 0 Å². The monoisotopic (exact) mass is 121 g/mol. The lowest BCUT2D eigenvalue weighted by Gasteiger charge is -1.85. The molecule has 0 rings (SSSR count). The fourth-order valence-electron chi connectivity index (χ4n) is 0.0742. The van der Waals surface area contributed by atoms with E-state index < -0.39 is 11.3 Å². The summed E-state index contributed by atoms with van der Waals surface area (Å²) in [6.45, 7) is 1.21. The predicted molar refractivity (Wildman–Crippen MR) is 26.1 cm³/mol. The SMILES string of the molecule is CC(=O)C(Cl)N=O. The fourth-order valence-corrected chi connectivity index (χ4v) is 0.0742. The van der Waals surface area contributed by atoms with Crippen LogP contribution in [0, 0.1) is 4.91 Å². The molecule has 0 fully saturated rings. The van der Waals surface area contributed by atoms with Crippen LogP contribution in [0.25, 0.3) is 0 Å². The van der Waals surface area contributed by atoms with Gasteiger partial charge in [-0.1, -0.05) is 11.6 Å². The van der Waals surface area contributed by atoms with Gasteiger partial charge in [-0.05, 0) is 12.1 Å². The number of ketones is 1. The summed E-state index contributed by atoms with van der Waals surface area (Å²) in [5, 5.41) is 2.25. The summed E-state index contributed by atoms with van der Waals surface area (Å²) in [5.74, 6) is -0.420. The van der Waals surface area contributed by atoms with Gasteiger partial charge in [0.2, 0.25) is 5.50 Å². The van der Waals surface area contributed by atoms with Crippen molar-refractivity contribution < 1.29 is 4.79 Å². The maximum atomic E-state index is 9.95. The van der Waals surface area contributed by atoms with Crippen molar-refractivity contribution in [2.75, 3.05) is 0 Å². The van der Waals surface area contributed by atoms with Crippen LogP contribution in [0.1, 0.15) is 6.92 Å². The van der Waals surface area contributed by atoms with E-state index in [1.54, 1.807) is 0 Å². The molecule has 0 amide bonds. The van der Waals surface area contributed by atoms with Crippen molar-refractivity contribution in [2.45, 2.75) is 12.4 Å². The molecule has 0 N–H and O–H groups in total. The molecule has 0 aliphatic rings. The Morgan fingerprint density at radius 3 is 2.29 bits per heavy atom. The van der Waals surface area contributed by atoms with Crippen LogP contribution in [0.3, 0.4) is 0 Å². The molecule has 40 valence electrons. The van der Waals surface area contributed by atoms with E-state index >= 15 is 0 Å². The first kappa shape index (κ1) is 6.56. The lowest BCUT2D eigenvalue weighted by atomic mass is 10.5. The molecule has 0 aromatic rings. The highest BCUT2D eigenvalue weighted by molar-refractivity contribution is 6.30. The third kappa shape index (κ3) is 2.28. The number of hydrogen-bond acceptors (Lipinski definition) is 3. The summed E-state index contributed by atoms with van der Waals surface area (Å²) in [5.41, 5.74) is -1.19. The second kappa shape index (κ2) is 2.69. The van der Waals surface area contributed by atoms with E-state index in [-0.39, 0.29) is 0 Å². The molecule has 0 aromatic heterocycles. The van der Waals surface area contributed by atoms with Gasteiger partial charge >= 0.3 is 0 Å². The Bertz CT molecular complexity index is 92.9. The van der Waals surface area contributed by atoms with Gasteiger partial charge in [0.1, 0.15) is 0 Å². The summed E-state index contributed by atoms with van der Waals surface area (Å²) in [4.78, 5) is 19.3. The number of carbonyl (C=O) groups excluding carboxylic acids is 1. The second-order valence-electron chi connectivity index (χ2n) is 1.05. The normalized spacial score (nSPS) is 12.9. The predicted octanol–water partition coefficient (Wildman–Crippen LogP) is 0.907. The maximum absolute atomic E-state index is 9.95. The van der Waals surface area contributed by atoms with Gasteiger partial charge in [0.15, 0.2) is 5.78 Å². The van der Waals surface area contributed by atoms with Gasteiger partial charge in [0.05, 0.1) is 0 Å². The molecular formula is C3H4ClNO2. The number of nitrogens with zero attached hydrogens (tertiary/aromatic N) is 1. The van der Waals surface area contributed by atoms with Crippen molar-refractivity contribution in [3.8, 4) is 0 Å². The van der Waals surface area contributed by atoms with Gasteiger partial charge in [-0.25, -0.2) is 0 Å².